The van der Waals surface area contributed by atoms with Crippen molar-refractivity contribution in [2.24, 2.45) is 0 Å². The van der Waals surface area contributed by atoms with Gasteiger partial charge in [0.25, 0.3) is 0 Å². The predicted octanol–water partition coefficient (Wildman–Crippen LogP) is 3.61. The SMILES string of the molecule is CCCn1ncnc1CNc1cccc(Cl)c1Cl. The smallest absolute Gasteiger partial charge is 0.146 e. The molecule has 0 atom stereocenters. The first-order valence-corrected chi connectivity index (χ1v) is 6.52. The third-order valence-corrected chi connectivity index (χ3v) is 3.34. The van der Waals surface area contributed by atoms with E-state index in [-0.39, 0.29) is 0 Å². The minimum atomic E-state index is 0.528. The van der Waals surface area contributed by atoms with Crippen LogP contribution >= 0.6 is 23.2 Å². The number of hydrogen-bond donors (Lipinski definition) is 1. The summed E-state index contributed by atoms with van der Waals surface area (Å²) >= 11 is 12.0. The lowest BCUT2D eigenvalue weighted by atomic mass is 10.3. The Labute approximate surface area is 116 Å². The molecule has 1 N–H and O–H groups in total. The molecular weight excluding hydrogens is 271 g/mol. The molecule has 6 heteroatoms. The average molecular weight is 285 g/mol. The molecule has 18 heavy (non-hydrogen) atoms. The average Bonchev–Trinajstić information content (AvgIpc) is 2.79. The summed E-state index contributed by atoms with van der Waals surface area (Å²) < 4.78 is 1.88. The van der Waals surface area contributed by atoms with Crippen LogP contribution in [0.5, 0.6) is 0 Å². The van der Waals surface area contributed by atoms with Crippen molar-refractivity contribution in [1.29, 1.82) is 0 Å². The van der Waals surface area contributed by atoms with Crippen LogP contribution in [-0.4, -0.2) is 14.8 Å². The molecule has 0 amide bonds. The fraction of sp³-hybridized carbons (Fsp3) is 0.333. The maximum Gasteiger partial charge on any atom is 0.146 e. The molecule has 0 aliphatic rings. The Morgan fingerprint density at radius 2 is 2.17 bits per heavy atom. The highest BCUT2D eigenvalue weighted by molar-refractivity contribution is 6.43. The van der Waals surface area contributed by atoms with Crippen molar-refractivity contribution in [2.45, 2.75) is 26.4 Å². The van der Waals surface area contributed by atoms with Gasteiger partial charge in [-0.15, -0.1) is 0 Å². The van der Waals surface area contributed by atoms with Crippen molar-refractivity contribution in [3.8, 4) is 0 Å². The molecule has 1 aromatic heterocycles. The number of aromatic nitrogens is 3. The number of hydrogen-bond acceptors (Lipinski definition) is 3. The molecule has 96 valence electrons. The molecule has 4 nitrogen and oxygen atoms in total. The van der Waals surface area contributed by atoms with E-state index in [1.165, 1.54) is 0 Å². The zero-order valence-electron chi connectivity index (χ0n) is 10.0. The first-order valence-electron chi connectivity index (χ1n) is 5.77. The van der Waals surface area contributed by atoms with Crippen LogP contribution in [-0.2, 0) is 13.1 Å². The molecule has 0 radical (unpaired) electrons. The maximum atomic E-state index is 6.10. The Bertz CT molecular complexity index is 525. The van der Waals surface area contributed by atoms with E-state index in [1.54, 1.807) is 12.4 Å². The van der Waals surface area contributed by atoms with Gasteiger partial charge in [0, 0.05) is 6.54 Å². The fourth-order valence-corrected chi connectivity index (χ4v) is 2.01. The highest BCUT2D eigenvalue weighted by atomic mass is 35.5. The standard InChI is InChI=1S/C12H14Cl2N4/c1-2-6-18-11(16-8-17-18)7-15-10-5-3-4-9(13)12(10)14/h3-5,8,15H,2,6-7H2,1H3. The molecule has 1 aromatic carbocycles. The number of rotatable bonds is 5. The summed E-state index contributed by atoms with van der Waals surface area (Å²) in [5, 5.41) is 8.45. The van der Waals surface area contributed by atoms with E-state index in [4.69, 9.17) is 23.2 Å². The summed E-state index contributed by atoms with van der Waals surface area (Å²) in [5.74, 6) is 0.882. The minimum Gasteiger partial charge on any atom is -0.377 e. The molecule has 0 saturated heterocycles. The lowest BCUT2D eigenvalue weighted by molar-refractivity contribution is 0.574. The van der Waals surface area contributed by atoms with Crippen LogP contribution in [0.25, 0.3) is 0 Å². The minimum absolute atomic E-state index is 0.528. The first-order chi connectivity index (χ1) is 8.72. The predicted molar refractivity (Wildman–Crippen MR) is 74.1 cm³/mol. The normalized spacial score (nSPS) is 10.6. The van der Waals surface area contributed by atoms with Crippen molar-refractivity contribution < 1.29 is 0 Å². The van der Waals surface area contributed by atoms with E-state index in [0.29, 0.717) is 16.6 Å². The fourth-order valence-electron chi connectivity index (χ4n) is 1.64. The van der Waals surface area contributed by atoms with Crippen molar-refractivity contribution in [3.05, 3.63) is 40.4 Å². The molecule has 1 heterocycles. The van der Waals surface area contributed by atoms with E-state index >= 15 is 0 Å². The van der Waals surface area contributed by atoms with Gasteiger partial charge in [-0.1, -0.05) is 36.2 Å². The molecular formula is C12H14Cl2N4. The Kier molecular flexibility index (Phi) is 4.44. The number of benzene rings is 1. The number of nitrogens with one attached hydrogen (secondary N) is 1. The molecule has 0 aliphatic heterocycles. The van der Waals surface area contributed by atoms with Gasteiger partial charge in [-0.05, 0) is 18.6 Å². The van der Waals surface area contributed by atoms with Crippen LogP contribution < -0.4 is 5.32 Å². The molecule has 2 rings (SSSR count). The summed E-state index contributed by atoms with van der Waals surface area (Å²) in [6.45, 7) is 3.53. The summed E-state index contributed by atoms with van der Waals surface area (Å²) in [6, 6.07) is 5.50. The van der Waals surface area contributed by atoms with E-state index < -0.39 is 0 Å². The van der Waals surface area contributed by atoms with Gasteiger partial charge in [0.1, 0.15) is 12.2 Å². The Morgan fingerprint density at radius 3 is 2.94 bits per heavy atom. The van der Waals surface area contributed by atoms with Crippen LogP contribution in [0.4, 0.5) is 5.69 Å². The van der Waals surface area contributed by atoms with Gasteiger partial charge < -0.3 is 5.32 Å². The summed E-state index contributed by atoms with van der Waals surface area (Å²) in [7, 11) is 0. The number of anilines is 1. The molecule has 0 fully saturated rings. The van der Waals surface area contributed by atoms with E-state index in [0.717, 1.165) is 24.5 Å². The van der Waals surface area contributed by atoms with Crippen LogP contribution in [0.1, 0.15) is 19.2 Å². The largest absolute Gasteiger partial charge is 0.377 e. The van der Waals surface area contributed by atoms with Gasteiger partial charge in [0.05, 0.1) is 22.3 Å². The monoisotopic (exact) mass is 284 g/mol. The number of halogens is 2. The topological polar surface area (TPSA) is 42.7 Å². The summed E-state index contributed by atoms with van der Waals surface area (Å²) in [6.07, 6.45) is 2.58. The zero-order chi connectivity index (χ0) is 13.0. The molecule has 0 unspecified atom stereocenters. The highest BCUT2D eigenvalue weighted by Gasteiger charge is 2.06. The zero-order valence-corrected chi connectivity index (χ0v) is 11.5. The quantitative estimate of drug-likeness (QED) is 0.912. The van der Waals surface area contributed by atoms with Crippen molar-refractivity contribution in [3.63, 3.8) is 0 Å². The van der Waals surface area contributed by atoms with Gasteiger partial charge in [-0.2, -0.15) is 5.10 Å². The Morgan fingerprint density at radius 1 is 1.33 bits per heavy atom. The van der Waals surface area contributed by atoms with Gasteiger partial charge in [-0.3, -0.25) is 0 Å². The highest BCUT2D eigenvalue weighted by Crippen LogP contribution is 2.29. The van der Waals surface area contributed by atoms with Crippen LogP contribution in [0.2, 0.25) is 10.0 Å². The molecule has 0 bridgehead atoms. The van der Waals surface area contributed by atoms with E-state index in [2.05, 4.69) is 22.3 Å². The third kappa shape index (κ3) is 2.94. The second-order valence-corrected chi connectivity index (χ2v) is 4.64. The number of nitrogens with zero attached hydrogens (tertiary/aromatic N) is 3. The summed E-state index contributed by atoms with van der Waals surface area (Å²) in [4.78, 5) is 4.22. The van der Waals surface area contributed by atoms with Gasteiger partial charge in [0.15, 0.2) is 0 Å². The van der Waals surface area contributed by atoms with Gasteiger partial charge in [-0.25, -0.2) is 9.67 Å². The van der Waals surface area contributed by atoms with E-state index in [1.807, 2.05) is 16.8 Å². The van der Waals surface area contributed by atoms with Gasteiger partial charge >= 0.3 is 0 Å². The summed E-state index contributed by atoms with van der Waals surface area (Å²) in [5.41, 5.74) is 0.801. The van der Waals surface area contributed by atoms with Crippen LogP contribution in [0.3, 0.4) is 0 Å². The number of aryl methyl sites for hydroxylation is 1. The first kappa shape index (κ1) is 13.2. The Hall–Kier alpha value is -1.26. The second kappa shape index (κ2) is 6.07. The maximum absolute atomic E-state index is 6.10. The third-order valence-electron chi connectivity index (χ3n) is 2.52. The molecule has 0 saturated carbocycles. The molecule has 2 aromatic rings. The lowest BCUT2D eigenvalue weighted by Crippen LogP contribution is -2.10. The molecule has 0 aliphatic carbocycles. The second-order valence-electron chi connectivity index (χ2n) is 3.85. The van der Waals surface area contributed by atoms with Crippen LogP contribution in [0.15, 0.2) is 24.5 Å². The van der Waals surface area contributed by atoms with E-state index in [9.17, 15) is 0 Å². The Balaban J connectivity index is 2.07. The van der Waals surface area contributed by atoms with Gasteiger partial charge in [0.2, 0.25) is 0 Å². The van der Waals surface area contributed by atoms with Crippen molar-refractivity contribution >= 4 is 28.9 Å². The van der Waals surface area contributed by atoms with Crippen molar-refractivity contribution in [2.75, 3.05) is 5.32 Å². The van der Waals surface area contributed by atoms with Crippen LogP contribution in [0, 0.1) is 0 Å². The molecule has 0 spiro atoms. The van der Waals surface area contributed by atoms with Crippen molar-refractivity contribution in [1.82, 2.24) is 14.8 Å². The lowest BCUT2D eigenvalue weighted by Gasteiger charge is -2.09.